The zero-order valence-corrected chi connectivity index (χ0v) is 11.2. The number of aryl methyl sites for hydroxylation is 1. The van der Waals surface area contributed by atoms with Gasteiger partial charge in [-0.25, -0.2) is 9.48 Å². The predicted molar refractivity (Wildman–Crippen MR) is 74.2 cm³/mol. The summed E-state index contributed by atoms with van der Waals surface area (Å²) in [4.78, 5) is 15.7. The van der Waals surface area contributed by atoms with Crippen LogP contribution in [0.25, 0.3) is 0 Å². The van der Waals surface area contributed by atoms with Crippen molar-refractivity contribution in [3.05, 3.63) is 42.2 Å². The molecule has 106 valence electrons. The van der Waals surface area contributed by atoms with E-state index in [-0.39, 0.29) is 12.6 Å². The summed E-state index contributed by atoms with van der Waals surface area (Å²) in [7, 11) is 1.68. The fraction of sp³-hybridized carbons (Fsp3) is 0.308. The van der Waals surface area contributed by atoms with E-state index in [1.165, 1.54) is 11.0 Å². The SMILES string of the molecule is Cn1ncnc1NC(=O)N[C@H](CO)Cc1ccccc1. The zero-order valence-electron chi connectivity index (χ0n) is 11.2. The number of aromatic nitrogens is 3. The molecule has 0 aliphatic heterocycles. The van der Waals surface area contributed by atoms with Crippen LogP contribution in [0.2, 0.25) is 0 Å². The van der Waals surface area contributed by atoms with Gasteiger partial charge in [-0.1, -0.05) is 30.3 Å². The van der Waals surface area contributed by atoms with Gasteiger partial charge in [0.25, 0.3) is 0 Å². The Hall–Kier alpha value is -2.41. The van der Waals surface area contributed by atoms with Crippen LogP contribution in [0.4, 0.5) is 10.7 Å². The fourth-order valence-electron chi connectivity index (χ4n) is 1.79. The Morgan fingerprint density at radius 2 is 2.15 bits per heavy atom. The maximum Gasteiger partial charge on any atom is 0.321 e. The van der Waals surface area contributed by atoms with Gasteiger partial charge in [-0.05, 0) is 12.0 Å². The molecule has 2 amide bonds. The molecule has 0 fully saturated rings. The molecule has 1 heterocycles. The van der Waals surface area contributed by atoms with Crippen molar-refractivity contribution in [3.8, 4) is 0 Å². The average Bonchev–Trinajstić information content (AvgIpc) is 2.84. The molecule has 1 aromatic carbocycles. The van der Waals surface area contributed by atoms with Crippen molar-refractivity contribution >= 4 is 12.0 Å². The molecule has 2 rings (SSSR count). The van der Waals surface area contributed by atoms with Gasteiger partial charge in [0.2, 0.25) is 5.95 Å². The number of anilines is 1. The number of rotatable bonds is 5. The van der Waals surface area contributed by atoms with Crippen LogP contribution in [0.1, 0.15) is 5.56 Å². The Kier molecular flexibility index (Phi) is 4.67. The van der Waals surface area contributed by atoms with E-state index in [0.717, 1.165) is 5.56 Å². The Labute approximate surface area is 116 Å². The molecule has 0 aliphatic rings. The summed E-state index contributed by atoms with van der Waals surface area (Å²) in [6, 6.07) is 8.88. The Morgan fingerprint density at radius 1 is 1.40 bits per heavy atom. The number of aliphatic hydroxyl groups is 1. The number of urea groups is 1. The lowest BCUT2D eigenvalue weighted by atomic mass is 10.1. The van der Waals surface area contributed by atoms with Crippen LogP contribution in [-0.2, 0) is 13.5 Å². The molecular weight excluding hydrogens is 258 g/mol. The number of carbonyl (C=O) groups is 1. The largest absolute Gasteiger partial charge is 0.394 e. The molecule has 0 radical (unpaired) electrons. The molecule has 1 atom stereocenters. The molecule has 20 heavy (non-hydrogen) atoms. The first-order valence-electron chi connectivity index (χ1n) is 6.25. The predicted octanol–water partition coefficient (Wildman–Crippen LogP) is 0.540. The van der Waals surface area contributed by atoms with Crippen molar-refractivity contribution in [2.45, 2.75) is 12.5 Å². The van der Waals surface area contributed by atoms with E-state index >= 15 is 0 Å². The fourth-order valence-corrected chi connectivity index (χ4v) is 1.79. The molecule has 1 aromatic heterocycles. The number of nitrogens with zero attached hydrogens (tertiary/aromatic N) is 3. The van der Waals surface area contributed by atoms with Crippen molar-refractivity contribution in [1.82, 2.24) is 20.1 Å². The molecule has 0 aliphatic carbocycles. The molecular formula is C13H17N5O2. The van der Waals surface area contributed by atoms with Crippen molar-refractivity contribution in [1.29, 1.82) is 0 Å². The normalized spacial score (nSPS) is 11.9. The molecule has 0 saturated carbocycles. The Balaban J connectivity index is 1.90. The number of carbonyl (C=O) groups excluding carboxylic acids is 1. The van der Waals surface area contributed by atoms with Crippen molar-refractivity contribution in [3.63, 3.8) is 0 Å². The minimum absolute atomic E-state index is 0.138. The smallest absolute Gasteiger partial charge is 0.321 e. The van der Waals surface area contributed by atoms with Gasteiger partial charge < -0.3 is 10.4 Å². The van der Waals surface area contributed by atoms with E-state index in [0.29, 0.717) is 12.4 Å². The number of benzene rings is 1. The van der Waals surface area contributed by atoms with Crippen LogP contribution in [0.3, 0.4) is 0 Å². The van der Waals surface area contributed by atoms with Crippen molar-refractivity contribution < 1.29 is 9.90 Å². The number of amides is 2. The summed E-state index contributed by atoms with van der Waals surface area (Å²) in [6.45, 7) is -0.138. The molecule has 0 spiro atoms. The lowest BCUT2D eigenvalue weighted by molar-refractivity contribution is 0.224. The molecule has 0 saturated heterocycles. The summed E-state index contributed by atoms with van der Waals surface area (Å²) in [5, 5.41) is 18.5. The van der Waals surface area contributed by atoms with Crippen LogP contribution >= 0.6 is 0 Å². The summed E-state index contributed by atoms with van der Waals surface area (Å²) in [5.41, 5.74) is 1.05. The second-order valence-electron chi connectivity index (χ2n) is 4.37. The lowest BCUT2D eigenvalue weighted by Gasteiger charge is -2.16. The molecule has 3 N–H and O–H groups in total. The third-order valence-corrected chi connectivity index (χ3v) is 2.82. The van der Waals surface area contributed by atoms with Crippen LogP contribution in [0.15, 0.2) is 36.7 Å². The summed E-state index contributed by atoms with van der Waals surface area (Å²) >= 11 is 0. The van der Waals surface area contributed by atoms with E-state index < -0.39 is 6.03 Å². The number of hydrogen-bond acceptors (Lipinski definition) is 4. The number of hydrogen-bond donors (Lipinski definition) is 3. The highest BCUT2D eigenvalue weighted by molar-refractivity contribution is 5.87. The minimum Gasteiger partial charge on any atom is -0.394 e. The van der Waals surface area contributed by atoms with Gasteiger partial charge in [0.05, 0.1) is 12.6 Å². The first-order valence-corrected chi connectivity index (χ1v) is 6.25. The minimum atomic E-state index is -0.420. The maximum absolute atomic E-state index is 11.8. The summed E-state index contributed by atoms with van der Waals surface area (Å²) < 4.78 is 1.45. The van der Waals surface area contributed by atoms with E-state index in [1.807, 2.05) is 30.3 Å². The molecule has 7 nitrogen and oxygen atoms in total. The number of aliphatic hydroxyl groups excluding tert-OH is 1. The maximum atomic E-state index is 11.8. The molecule has 7 heteroatoms. The lowest BCUT2D eigenvalue weighted by Crippen LogP contribution is -2.42. The first kappa shape index (κ1) is 14.0. The molecule has 0 bridgehead atoms. The standard InChI is InChI=1S/C13H17N5O2/c1-18-12(14-9-15-18)17-13(20)16-11(8-19)7-10-5-3-2-4-6-10/h2-6,9,11,19H,7-8H2,1H3,(H2,14,15,16,17,20)/t11-/m0/s1. The third kappa shape index (κ3) is 3.79. The van der Waals surface area contributed by atoms with Gasteiger partial charge in [0.15, 0.2) is 0 Å². The van der Waals surface area contributed by atoms with Crippen LogP contribution in [0.5, 0.6) is 0 Å². The van der Waals surface area contributed by atoms with Crippen LogP contribution in [0, 0.1) is 0 Å². The van der Waals surface area contributed by atoms with E-state index in [4.69, 9.17) is 0 Å². The summed E-state index contributed by atoms with van der Waals surface area (Å²) in [5.74, 6) is 0.346. The molecule has 0 unspecified atom stereocenters. The highest BCUT2D eigenvalue weighted by atomic mass is 16.3. The Morgan fingerprint density at radius 3 is 2.75 bits per heavy atom. The van der Waals surface area contributed by atoms with Gasteiger partial charge in [-0.2, -0.15) is 10.1 Å². The van der Waals surface area contributed by atoms with Gasteiger partial charge >= 0.3 is 6.03 Å². The van der Waals surface area contributed by atoms with E-state index in [9.17, 15) is 9.90 Å². The monoisotopic (exact) mass is 275 g/mol. The molecule has 2 aromatic rings. The zero-order chi connectivity index (χ0) is 14.4. The van der Waals surface area contributed by atoms with Gasteiger partial charge in [0.1, 0.15) is 6.33 Å². The second kappa shape index (κ2) is 6.67. The quantitative estimate of drug-likeness (QED) is 0.742. The average molecular weight is 275 g/mol. The van der Waals surface area contributed by atoms with Gasteiger partial charge in [-0.3, -0.25) is 5.32 Å². The summed E-state index contributed by atoms with van der Waals surface area (Å²) in [6.07, 6.45) is 1.91. The van der Waals surface area contributed by atoms with Gasteiger partial charge in [0, 0.05) is 7.05 Å². The van der Waals surface area contributed by atoms with Crippen LogP contribution < -0.4 is 10.6 Å². The number of nitrogens with one attached hydrogen (secondary N) is 2. The first-order chi connectivity index (χ1) is 9.69. The highest BCUT2D eigenvalue weighted by Gasteiger charge is 2.13. The topological polar surface area (TPSA) is 92.1 Å². The highest BCUT2D eigenvalue weighted by Crippen LogP contribution is 2.03. The van der Waals surface area contributed by atoms with Crippen molar-refractivity contribution in [2.75, 3.05) is 11.9 Å². The van der Waals surface area contributed by atoms with E-state index in [2.05, 4.69) is 20.7 Å². The third-order valence-electron chi connectivity index (χ3n) is 2.82. The Bertz CT molecular complexity index is 555. The van der Waals surface area contributed by atoms with Crippen LogP contribution in [-0.4, -0.2) is 38.6 Å². The second-order valence-corrected chi connectivity index (χ2v) is 4.37. The van der Waals surface area contributed by atoms with Gasteiger partial charge in [-0.15, -0.1) is 0 Å². The van der Waals surface area contributed by atoms with Crippen molar-refractivity contribution in [2.24, 2.45) is 7.05 Å². The van der Waals surface area contributed by atoms with E-state index in [1.54, 1.807) is 7.05 Å².